The van der Waals surface area contributed by atoms with Crippen LogP contribution in [0.3, 0.4) is 0 Å². The second-order valence-corrected chi connectivity index (χ2v) is 5.00. The summed E-state index contributed by atoms with van der Waals surface area (Å²) in [5, 5.41) is 1.95. The Morgan fingerprint density at radius 1 is 1.14 bits per heavy atom. The smallest absolute Gasteiger partial charge is 0.338 e. The minimum absolute atomic E-state index is 0.158. The van der Waals surface area contributed by atoms with Crippen molar-refractivity contribution >= 4 is 11.7 Å². The Morgan fingerprint density at radius 3 is 2.55 bits per heavy atom. The van der Waals surface area contributed by atoms with Gasteiger partial charge in [-0.25, -0.2) is 10.2 Å². The highest BCUT2D eigenvalue weighted by atomic mass is 16.5. The molecule has 0 saturated carbocycles. The number of rotatable bonds is 4. The number of hydrogen-bond acceptors (Lipinski definition) is 4. The van der Waals surface area contributed by atoms with Gasteiger partial charge in [0.15, 0.2) is 0 Å². The summed E-state index contributed by atoms with van der Waals surface area (Å²) in [7, 11) is 0. The van der Waals surface area contributed by atoms with E-state index in [4.69, 9.17) is 4.74 Å². The normalized spacial score (nSPS) is 16.8. The lowest BCUT2D eigenvalue weighted by molar-refractivity contribution is 0.0526. The second kappa shape index (κ2) is 6.45. The summed E-state index contributed by atoms with van der Waals surface area (Å²) in [6, 6.07) is 17.8. The van der Waals surface area contributed by atoms with Gasteiger partial charge >= 0.3 is 5.97 Å². The van der Waals surface area contributed by atoms with Crippen molar-refractivity contribution in [1.82, 2.24) is 5.43 Å². The van der Waals surface area contributed by atoms with Crippen LogP contribution in [0, 0.1) is 0 Å². The zero-order valence-corrected chi connectivity index (χ0v) is 12.4. The molecule has 1 N–H and O–H groups in total. The molecule has 1 aliphatic rings. The van der Waals surface area contributed by atoms with E-state index in [-0.39, 0.29) is 12.0 Å². The third-order valence-electron chi connectivity index (χ3n) is 3.52. The number of carbonyl (C=O) groups is 1. The van der Waals surface area contributed by atoms with E-state index in [1.54, 1.807) is 19.1 Å². The average molecular weight is 294 g/mol. The van der Waals surface area contributed by atoms with Gasteiger partial charge < -0.3 is 4.74 Å². The first-order valence-electron chi connectivity index (χ1n) is 7.34. The molecule has 22 heavy (non-hydrogen) atoms. The number of carbonyl (C=O) groups excluding carboxylic acids is 1. The monoisotopic (exact) mass is 294 g/mol. The summed E-state index contributed by atoms with van der Waals surface area (Å²) >= 11 is 0. The van der Waals surface area contributed by atoms with E-state index >= 15 is 0 Å². The summed E-state index contributed by atoms with van der Waals surface area (Å²) in [5.74, 6) is -0.291. The Labute approximate surface area is 130 Å². The quantitative estimate of drug-likeness (QED) is 0.877. The highest BCUT2D eigenvalue weighted by Gasteiger charge is 2.18. The Morgan fingerprint density at radius 2 is 1.86 bits per heavy atom. The largest absolute Gasteiger partial charge is 0.462 e. The number of nitrogens with zero attached hydrogens (tertiary/aromatic N) is 1. The Kier molecular flexibility index (Phi) is 4.21. The van der Waals surface area contributed by atoms with Crippen LogP contribution in [-0.2, 0) is 4.74 Å². The van der Waals surface area contributed by atoms with Crippen LogP contribution in [0.4, 0.5) is 5.69 Å². The number of nitrogens with one attached hydrogen (secondary N) is 1. The lowest BCUT2D eigenvalue weighted by Crippen LogP contribution is -2.30. The third kappa shape index (κ3) is 3.02. The van der Waals surface area contributed by atoms with Gasteiger partial charge in [0, 0.05) is 6.20 Å². The molecule has 3 rings (SSSR count). The summed E-state index contributed by atoms with van der Waals surface area (Å²) in [6.07, 6.45) is 4.10. The topological polar surface area (TPSA) is 41.6 Å². The fourth-order valence-corrected chi connectivity index (χ4v) is 2.39. The van der Waals surface area contributed by atoms with Crippen molar-refractivity contribution in [2.45, 2.75) is 13.0 Å². The van der Waals surface area contributed by atoms with E-state index in [0.717, 1.165) is 5.69 Å². The summed E-state index contributed by atoms with van der Waals surface area (Å²) in [5.41, 5.74) is 6.15. The molecule has 1 heterocycles. The molecule has 112 valence electrons. The minimum Gasteiger partial charge on any atom is -0.462 e. The van der Waals surface area contributed by atoms with Crippen LogP contribution in [0.25, 0.3) is 0 Å². The fourth-order valence-electron chi connectivity index (χ4n) is 2.39. The molecule has 1 atom stereocenters. The van der Waals surface area contributed by atoms with Gasteiger partial charge in [0.2, 0.25) is 0 Å². The highest BCUT2D eigenvalue weighted by Crippen LogP contribution is 2.24. The number of hydrazine groups is 1. The SMILES string of the molecule is CCOC(=O)c1ccc(N2C=CC(c3ccccc3)N2)cc1. The van der Waals surface area contributed by atoms with E-state index in [1.807, 2.05) is 41.5 Å². The maximum atomic E-state index is 11.6. The number of benzene rings is 2. The second-order valence-electron chi connectivity index (χ2n) is 5.00. The maximum Gasteiger partial charge on any atom is 0.338 e. The number of esters is 1. The Bertz CT molecular complexity index is 665. The molecule has 0 aromatic heterocycles. The van der Waals surface area contributed by atoms with Crippen molar-refractivity contribution in [1.29, 1.82) is 0 Å². The van der Waals surface area contributed by atoms with Crippen molar-refractivity contribution in [3.8, 4) is 0 Å². The molecule has 0 bridgehead atoms. The Hall–Kier alpha value is -2.59. The molecule has 1 unspecified atom stereocenters. The predicted octanol–water partition coefficient (Wildman–Crippen LogP) is 3.44. The summed E-state index contributed by atoms with van der Waals surface area (Å²) in [6.45, 7) is 2.19. The molecule has 4 heteroatoms. The van der Waals surface area contributed by atoms with E-state index in [1.165, 1.54) is 5.56 Å². The zero-order chi connectivity index (χ0) is 15.4. The van der Waals surface area contributed by atoms with Crippen LogP contribution in [0.5, 0.6) is 0 Å². The standard InChI is InChI=1S/C18H18N2O2/c1-2-22-18(21)15-8-10-16(11-9-15)20-13-12-17(19-20)14-6-4-3-5-7-14/h3-13,17,19H,2H2,1H3. The molecule has 0 amide bonds. The maximum absolute atomic E-state index is 11.6. The lowest BCUT2D eigenvalue weighted by atomic mass is 10.1. The van der Waals surface area contributed by atoms with Crippen LogP contribution in [-0.4, -0.2) is 12.6 Å². The molecule has 0 saturated heterocycles. The van der Waals surface area contributed by atoms with Crippen molar-refractivity contribution in [2.75, 3.05) is 11.6 Å². The van der Waals surface area contributed by atoms with Crippen molar-refractivity contribution in [3.63, 3.8) is 0 Å². The minimum atomic E-state index is -0.291. The molecule has 1 aliphatic heterocycles. The van der Waals surface area contributed by atoms with Crippen LogP contribution in [0.15, 0.2) is 66.9 Å². The third-order valence-corrected chi connectivity index (χ3v) is 3.52. The molecular formula is C18H18N2O2. The first-order chi connectivity index (χ1) is 10.8. The first-order valence-corrected chi connectivity index (χ1v) is 7.34. The van der Waals surface area contributed by atoms with Gasteiger partial charge in [0.1, 0.15) is 0 Å². The van der Waals surface area contributed by atoms with Crippen LogP contribution < -0.4 is 10.4 Å². The van der Waals surface area contributed by atoms with Crippen LogP contribution in [0.1, 0.15) is 28.9 Å². The van der Waals surface area contributed by atoms with Crippen LogP contribution >= 0.6 is 0 Å². The van der Waals surface area contributed by atoms with Gasteiger partial charge in [-0.15, -0.1) is 0 Å². The van der Waals surface area contributed by atoms with Gasteiger partial charge in [-0.1, -0.05) is 30.3 Å². The van der Waals surface area contributed by atoms with Gasteiger partial charge in [0.25, 0.3) is 0 Å². The molecule has 2 aromatic rings. The molecule has 0 aliphatic carbocycles. The summed E-state index contributed by atoms with van der Waals surface area (Å²) in [4.78, 5) is 11.6. The van der Waals surface area contributed by atoms with E-state index in [0.29, 0.717) is 12.2 Å². The first kappa shape index (κ1) is 14.4. The number of ether oxygens (including phenoxy) is 1. The number of hydrogen-bond donors (Lipinski definition) is 1. The highest BCUT2D eigenvalue weighted by molar-refractivity contribution is 5.89. The summed E-state index contributed by atoms with van der Waals surface area (Å²) < 4.78 is 4.99. The molecule has 4 nitrogen and oxygen atoms in total. The van der Waals surface area contributed by atoms with Gasteiger partial charge in [-0.3, -0.25) is 5.01 Å². The van der Waals surface area contributed by atoms with E-state index in [2.05, 4.69) is 23.6 Å². The molecule has 0 fully saturated rings. The van der Waals surface area contributed by atoms with Crippen molar-refractivity contribution in [3.05, 3.63) is 78.0 Å². The molecule has 0 spiro atoms. The average Bonchev–Trinajstić information content (AvgIpc) is 3.06. The van der Waals surface area contributed by atoms with Gasteiger partial charge in [-0.2, -0.15) is 0 Å². The lowest BCUT2D eigenvalue weighted by Gasteiger charge is -2.20. The van der Waals surface area contributed by atoms with E-state index in [9.17, 15) is 4.79 Å². The molecule has 0 radical (unpaired) electrons. The predicted molar refractivity (Wildman–Crippen MR) is 86.3 cm³/mol. The van der Waals surface area contributed by atoms with E-state index < -0.39 is 0 Å². The fraction of sp³-hybridized carbons (Fsp3) is 0.167. The van der Waals surface area contributed by atoms with Crippen molar-refractivity contribution < 1.29 is 9.53 Å². The molecular weight excluding hydrogens is 276 g/mol. The Balaban J connectivity index is 1.69. The van der Waals surface area contributed by atoms with Gasteiger partial charge in [-0.05, 0) is 42.8 Å². The van der Waals surface area contributed by atoms with Crippen molar-refractivity contribution in [2.24, 2.45) is 0 Å². The number of anilines is 1. The zero-order valence-electron chi connectivity index (χ0n) is 12.4. The van der Waals surface area contributed by atoms with Gasteiger partial charge in [0.05, 0.1) is 23.9 Å². The molecule has 2 aromatic carbocycles. The van der Waals surface area contributed by atoms with Crippen LogP contribution in [0.2, 0.25) is 0 Å².